The van der Waals surface area contributed by atoms with Gasteiger partial charge in [-0.3, -0.25) is 14.9 Å². The zero-order valence-corrected chi connectivity index (χ0v) is 17.1. The van der Waals surface area contributed by atoms with E-state index in [2.05, 4.69) is 26.5 Å². The van der Waals surface area contributed by atoms with Gasteiger partial charge in [0.1, 0.15) is 5.75 Å². The van der Waals surface area contributed by atoms with Crippen molar-refractivity contribution in [2.24, 2.45) is 5.10 Å². The van der Waals surface area contributed by atoms with Gasteiger partial charge in [0.2, 0.25) is 0 Å². The normalized spacial score (nSPS) is 10.7. The van der Waals surface area contributed by atoms with E-state index in [1.54, 1.807) is 25.1 Å². The van der Waals surface area contributed by atoms with E-state index in [0.29, 0.717) is 14.7 Å². The summed E-state index contributed by atoms with van der Waals surface area (Å²) in [6.45, 7) is 1.28. The molecule has 0 atom stereocenters. The number of aryl methyl sites for hydroxylation is 1. The van der Waals surface area contributed by atoms with Gasteiger partial charge in [-0.25, -0.2) is 5.43 Å². The smallest absolute Gasteiger partial charge is 0.311 e. The van der Waals surface area contributed by atoms with E-state index in [4.69, 9.17) is 4.74 Å². The van der Waals surface area contributed by atoms with Crippen molar-refractivity contribution >= 4 is 56.3 Å². The predicted molar refractivity (Wildman–Crippen MR) is 108 cm³/mol. The maximum Gasteiger partial charge on any atom is 0.311 e. The number of nitrogens with zero attached hydrogens (tertiary/aromatic N) is 2. The highest BCUT2D eigenvalue weighted by atomic mass is 127. The van der Waals surface area contributed by atoms with Gasteiger partial charge in [-0.05, 0) is 53.3 Å². The van der Waals surface area contributed by atoms with Gasteiger partial charge in [0.15, 0.2) is 12.4 Å². The molecule has 0 saturated heterocycles. The number of hydrogen-bond donors (Lipinski definition) is 2. The second-order valence-electron chi connectivity index (χ2n) is 5.14. The molecular weight excluding hydrogens is 521 g/mol. The summed E-state index contributed by atoms with van der Waals surface area (Å²) < 4.78 is 6.57. The Hall–Kier alpha value is -2.21. The first-order valence-electron chi connectivity index (χ1n) is 7.15. The Balaban J connectivity index is 1.97. The molecule has 10 heteroatoms. The number of nitro groups is 1. The van der Waals surface area contributed by atoms with Gasteiger partial charge in [-0.1, -0.05) is 22.0 Å². The van der Waals surface area contributed by atoms with E-state index < -0.39 is 17.4 Å². The first-order chi connectivity index (χ1) is 12.3. The third-order valence-corrected chi connectivity index (χ3v) is 4.40. The van der Waals surface area contributed by atoms with Crippen LogP contribution in [0.2, 0.25) is 0 Å². The maximum absolute atomic E-state index is 11.8. The number of hydrogen-bond acceptors (Lipinski definition) is 6. The highest BCUT2D eigenvalue weighted by Gasteiger charge is 2.16. The minimum Gasteiger partial charge on any atom is -0.506 e. The van der Waals surface area contributed by atoms with Crippen LogP contribution in [-0.4, -0.2) is 28.8 Å². The van der Waals surface area contributed by atoms with Gasteiger partial charge in [0, 0.05) is 16.1 Å². The number of carbonyl (C=O) groups excluding carboxylic acids is 1. The highest BCUT2D eigenvalue weighted by Crippen LogP contribution is 2.28. The van der Waals surface area contributed by atoms with Crippen LogP contribution in [0.5, 0.6) is 11.5 Å². The fourth-order valence-electron chi connectivity index (χ4n) is 1.93. The average molecular weight is 534 g/mol. The number of nitro benzene ring substituents is 1. The number of phenolic OH excluding ortho intramolecular Hbond substituents is 1. The maximum atomic E-state index is 11.8. The van der Waals surface area contributed by atoms with Crippen LogP contribution >= 0.6 is 38.5 Å². The van der Waals surface area contributed by atoms with Crippen molar-refractivity contribution < 1.29 is 19.6 Å². The molecule has 26 heavy (non-hydrogen) atoms. The monoisotopic (exact) mass is 533 g/mol. The van der Waals surface area contributed by atoms with E-state index in [1.165, 1.54) is 18.3 Å². The summed E-state index contributed by atoms with van der Waals surface area (Å²) in [5.74, 6) is -0.558. The lowest BCUT2D eigenvalue weighted by atomic mass is 10.2. The van der Waals surface area contributed by atoms with Crippen molar-refractivity contribution in [3.8, 4) is 11.5 Å². The molecule has 0 heterocycles. The van der Waals surface area contributed by atoms with Gasteiger partial charge in [-0.15, -0.1) is 0 Å². The van der Waals surface area contributed by atoms with Crippen molar-refractivity contribution in [3.05, 3.63) is 59.6 Å². The Morgan fingerprint density at radius 3 is 2.88 bits per heavy atom. The minimum atomic E-state index is -0.597. The molecule has 0 unspecified atom stereocenters. The number of amides is 1. The molecule has 1 amide bonds. The van der Waals surface area contributed by atoms with Crippen molar-refractivity contribution in [2.75, 3.05) is 6.61 Å². The summed E-state index contributed by atoms with van der Waals surface area (Å²) in [6, 6.07) is 7.82. The molecule has 0 aliphatic rings. The Bertz CT molecular complexity index is 888. The number of benzene rings is 2. The number of aromatic hydroxyl groups is 1. The third kappa shape index (κ3) is 5.39. The Kier molecular flexibility index (Phi) is 6.91. The van der Waals surface area contributed by atoms with Crippen LogP contribution in [-0.2, 0) is 4.79 Å². The first kappa shape index (κ1) is 20.1. The van der Waals surface area contributed by atoms with Crippen molar-refractivity contribution in [2.45, 2.75) is 6.92 Å². The second-order valence-corrected chi connectivity index (χ2v) is 7.21. The summed E-state index contributed by atoms with van der Waals surface area (Å²) in [7, 11) is 0. The highest BCUT2D eigenvalue weighted by molar-refractivity contribution is 14.1. The molecule has 8 nitrogen and oxygen atoms in total. The summed E-state index contributed by atoms with van der Waals surface area (Å²) in [5, 5.41) is 24.7. The number of carbonyl (C=O) groups is 1. The summed E-state index contributed by atoms with van der Waals surface area (Å²) in [6.07, 6.45) is 1.29. The Morgan fingerprint density at radius 2 is 2.19 bits per heavy atom. The fourth-order valence-corrected chi connectivity index (χ4v) is 3.48. The molecule has 0 saturated carbocycles. The van der Waals surface area contributed by atoms with Crippen LogP contribution in [0.4, 0.5) is 5.69 Å². The second kappa shape index (κ2) is 8.94. The molecule has 0 fully saturated rings. The standard InChI is InChI=1S/C16H13BrIN3O5/c1-9-2-3-14(13(4-9)21(24)25)26-8-15(22)20-19-7-10-5-11(17)6-12(18)16(10)23/h2-7,23H,8H2,1H3,(H,20,22)/b19-7+. The topological polar surface area (TPSA) is 114 Å². The SMILES string of the molecule is Cc1ccc(OCC(=O)N/N=C/c2cc(Br)cc(I)c2O)c([N+](=O)[O-])c1. The number of phenols is 1. The minimum absolute atomic E-state index is 0.00100. The fraction of sp³-hybridized carbons (Fsp3) is 0.125. The van der Waals surface area contributed by atoms with E-state index in [9.17, 15) is 20.0 Å². The van der Waals surface area contributed by atoms with E-state index in [0.717, 1.165) is 4.47 Å². The molecule has 2 N–H and O–H groups in total. The number of rotatable bonds is 6. The number of ether oxygens (including phenoxy) is 1. The number of hydrazone groups is 1. The van der Waals surface area contributed by atoms with Gasteiger partial charge >= 0.3 is 5.69 Å². The van der Waals surface area contributed by atoms with Crippen LogP contribution in [0.3, 0.4) is 0 Å². The quantitative estimate of drug-likeness (QED) is 0.255. The lowest BCUT2D eigenvalue weighted by molar-refractivity contribution is -0.385. The van der Waals surface area contributed by atoms with Crippen molar-refractivity contribution in [3.63, 3.8) is 0 Å². The van der Waals surface area contributed by atoms with Crippen LogP contribution in [0.15, 0.2) is 39.9 Å². The van der Waals surface area contributed by atoms with E-state index in [-0.39, 0.29) is 17.2 Å². The molecule has 0 aromatic heterocycles. The summed E-state index contributed by atoms with van der Waals surface area (Å²) >= 11 is 5.27. The van der Waals surface area contributed by atoms with E-state index >= 15 is 0 Å². The molecule has 0 aliphatic heterocycles. The summed E-state index contributed by atoms with van der Waals surface area (Å²) in [5.41, 5.74) is 3.15. The molecule has 0 spiro atoms. The van der Waals surface area contributed by atoms with Crippen LogP contribution in [0, 0.1) is 20.6 Å². The van der Waals surface area contributed by atoms with Crippen LogP contribution in [0.1, 0.15) is 11.1 Å². The molecule has 0 radical (unpaired) electrons. The van der Waals surface area contributed by atoms with Crippen molar-refractivity contribution in [1.29, 1.82) is 0 Å². The lowest BCUT2D eigenvalue weighted by Crippen LogP contribution is -2.24. The Morgan fingerprint density at radius 1 is 1.46 bits per heavy atom. The predicted octanol–water partition coefficient (Wildman–Crippen LogP) is 3.51. The van der Waals surface area contributed by atoms with E-state index in [1.807, 2.05) is 22.6 Å². The van der Waals surface area contributed by atoms with Gasteiger partial charge in [-0.2, -0.15) is 5.10 Å². The van der Waals surface area contributed by atoms with Gasteiger partial charge < -0.3 is 9.84 Å². The first-order valence-corrected chi connectivity index (χ1v) is 9.03. The molecule has 2 aromatic carbocycles. The van der Waals surface area contributed by atoms with Gasteiger partial charge in [0.05, 0.1) is 14.7 Å². The number of nitrogens with one attached hydrogen (secondary N) is 1. The Labute approximate surface area is 170 Å². The van der Waals surface area contributed by atoms with Crippen molar-refractivity contribution in [1.82, 2.24) is 5.43 Å². The largest absolute Gasteiger partial charge is 0.506 e. The molecule has 2 rings (SSSR count). The van der Waals surface area contributed by atoms with Crippen LogP contribution < -0.4 is 10.2 Å². The average Bonchev–Trinajstić information content (AvgIpc) is 2.57. The lowest BCUT2D eigenvalue weighted by Gasteiger charge is -2.06. The number of halogens is 2. The third-order valence-electron chi connectivity index (χ3n) is 3.12. The molecule has 0 bridgehead atoms. The zero-order valence-electron chi connectivity index (χ0n) is 13.4. The molecule has 2 aromatic rings. The molecule has 136 valence electrons. The zero-order chi connectivity index (χ0) is 19.3. The van der Waals surface area contributed by atoms with Crippen LogP contribution in [0.25, 0.3) is 0 Å². The summed E-state index contributed by atoms with van der Waals surface area (Å²) in [4.78, 5) is 22.2. The molecule has 0 aliphatic carbocycles. The molecular formula is C16H13BrIN3O5. The van der Waals surface area contributed by atoms with Gasteiger partial charge in [0.25, 0.3) is 5.91 Å².